The summed E-state index contributed by atoms with van der Waals surface area (Å²) in [6, 6.07) is 15.5. The number of aryl methyl sites for hydroxylation is 2. The number of nitrogens with zero attached hydrogens (tertiary/aromatic N) is 1. The van der Waals surface area contributed by atoms with Crippen LogP contribution in [0.3, 0.4) is 0 Å². The predicted molar refractivity (Wildman–Crippen MR) is 86.1 cm³/mol. The molecule has 104 valence electrons. The largest absolute Gasteiger partial charge is 0.399 e. The van der Waals surface area contributed by atoms with Crippen LogP contribution in [0.25, 0.3) is 0 Å². The Morgan fingerprint density at radius 3 is 2.60 bits per heavy atom. The van der Waals surface area contributed by atoms with Crippen LogP contribution in [0, 0.1) is 6.92 Å². The number of fused-ring (bicyclic) bond motifs is 1. The lowest BCUT2D eigenvalue weighted by atomic mass is 9.96. The zero-order chi connectivity index (χ0) is 14.1. The van der Waals surface area contributed by atoms with E-state index < -0.39 is 0 Å². The van der Waals surface area contributed by atoms with Gasteiger partial charge in [-0.2, -0.15) is 0 Å². The molecule has 2 aromatic carbocycles. The molecule has 0 amide bonds. The van der Waals surface area contributed by atoms with Gasteiger partial charge in [-0.05, 0) is 56.0 Å². The Morgan fingerprint density at radius 2 is 1.85 bits per heavy atom. The Morgan fingerprint density at radius 1 is 1.10 bits per heavy atom. The average Bonchev–Trinajstić information content (AvgIpc) is 2.46. The van der Waals surface area contributed by atoms with Crippen molar-refractivity contribution in [3.05, 3.63) is 59.2 Å². The average molecular weight is 266 g/mol. The molecule has 0 bridgehead atoms. The van der Waals surface area contributed by atoms with Gasteiger partial charge in [0.2, 0.25) is 0 Å². The third-order valence-electron chi connectivity index (χ3n) is 4.28. The van der Waals surface area contributed by atoms with E-state index in [4.69, 9.17) is 5.73 Å². The Labute approximate surface area is 121 Å². The summed E-state index contributed by atoms with van der Waals surface area (Å²) in [4.78, 5) is 2.52. The number of nitrogens with two attached hydrogens (primary N) is 1. The lowest BCUT2D eigenvalue weighted by Gasteiger charge is -2.36. The van der Waals surface area contributed by atoms with Crippen molar-refractivity contribution >= 4 is 11.4 Å². The molecule has 2 nitrogen and oxygen atoms in total. The minimum atomic E-state index is 0.386. The molecule has 1 aliphatic heterocycles. The molecule has 3 rings (SSSR count). The quantitative estimate of drug-likeness (QED) is 0.829. The molecule has 2 heteroatoms. The third-order valence-corrected chi connectivity index (χ3v) is 4.28. The molecule has 0 aromatic heterocycles. The van der Waals surface area contributed by atoms with E-state index in [1.54, 1.807) is 0 Å². The molecule has 1 atom stereocenters. The fourth-order valence-corrected chi connectivity index (χ4v) is 3.11. The molecule has 0 spiro atoms. The van der Waals surface area contributed by atoms with Gasteiger partial charge in [0.05, 0.1) is 6.04 Å². The molecular weight excluding hydrogens is 244 g/mol. The van der Waals surface area contributed by atoms with Gasteiger partial charge in [-0.25, -0.2) is 0 Å². The fraction of sp³-hybridized carbons (Fsp3) is 0.333. The lowest BCUT2D eigenvalue weighted by molar-refractivity contribution is 0.615. The normalized spacial score (nSPS) is 15.8. The zero-order valence-electron chi connectivity index (χ0n) is 12.3. The molecule has 20 heavy (non-hydrogen) atoms. The van der Waals surface area contributed by atoms with Crippen molar-refractivity contribution in [3.8, 4) is 0 Å². The summed E-state index contributed by atoms with van der Waals surface area (Å²) in [6.07, 6.45) is 2.43. The zero-order valence-corrected chi connectivity index (χ0v) is 12.3. The molecule has 2 aromatic rings. The van der Waals surface area contributed by atoms with Crippen molar-refractivity contribution in [3.63, 3.8) is 0 Å². The van der Waals surface area contributed by atoms with E-state index >= 15 is 0 Å². The van der Waals surface area contributed by atoms with Gasteiger partial charge in [0.1, 0.15) is 0 Å². The van der Waals surface area contributed by atoms with Crippen LogP contribution in [0.5, 0.6) is 0 Å². The van der Waals surface area contributed by atoms with Gasteiger partial charge in [-0.1, -0.05) is 29.8 Å². The molecule has 0 radical (unpaired) electrons. The van der Waals surface area contributed by atoms with Crippen LogP contribution in [0.1, 0.15) is 36.1 Å². The maximum Gasteiger partial charge on any atom is 0.0514 e. The van der Waals surface area contributed by atoms with Gasteiger partial charge >= 0.3 is 0 Å². The first-order valence-corrected chi connectivity index (χ1v) is 7.37. The standard InChI is InChI=1S/C18H22N2/c1-13-5-10-18-16(12-13)4-3-11-20(18)14(2)15-6-8-17(19)9-7-15/h5-10,12,14H,3-4,11,19H2,1-2H3. The molecule has 1 heterocycles. The van der Waals surface area contributed by atoms with E-state index in [1.165, 1.54) is 35.2 Å². The highest BCUT2D eigenvalue weighted by atomic mass is 15.2. The van der Waals surface area contributed by atoms with Crippen molar-refractivity contribution in [1.29, 1.82) is 0 Å². The van der Waals surface area contributed by atoms with E-state index in [2.05, 4.69) is 49.1 Å². The Kier molecular flexibility index (Phi) is 3.39. The first-order chi connectivity index (χ1) is 9.65. The van der Waals surface area contributed by atoms with Crippen molar-refractivity contribution in [2.24, 2.45) is 0 Å². The second-order valence-corrected chi connectivity index (χ2v) is 5.77. The van der Waals surface area contributed by atoms with Crippen LogP contribution < -0.4 is 10.6 Å². The van der Waals surface area contributed by atoms with Crippen molar-refractivity contribution < 1.29 is 0 Å². The highest BCUT2D eigenvalue weighted by Crippen LogP contribution is 2.34. The predicted octanol–water partition coefficient (Wildman–Crippen LogP) is 4.09. The number of rotatable bonds is 2. The van der Waals surface area contributed by atoms with E-state index in [0.717, 1.165) is 12.2 Å². The topological polar surface area (TPSA) is 29.3 Å². The van der Waals surface area contributed by atoms with Gasteiger partial charge in [-0.15, -0.1) is 0 Å². The molecule has 0 fully saturated rings. The van der Waals surface area contributed by atoms with Gasteiger partial charge < -0.3 is 10.6 Å². The monoisotopic (exact) mass is 266 g/mol. The second kappa shape index (κ2) is 5.20. The Bertz CT molecular complexity index is 601. The Hall–Kier alpha value is -1.96. The maximum absolute atomic E-state index is 5.78. The van der Waals surface area contributed by atoms with Crippen LogP contribution in [-0.2, 0) is 6.42 Å². The van der Waals surface area contributed by atoms with E-state index in [9.17, 15) is 0 Å². The second-order valence-electron chi connectivity index (χ2n) is 5.77. The molecule has 0 saturated heterocycles. The van der Waals surface area contributed by atoms with Crippen LogP contribution >= 0.6 is 0 Å². The summed E-state index contributed by atoms with van der Waals surface area (Å²) in [7, 11) is 0. The number of anilines is 2. The highest BCUT2D eigenvalue weighted by Gasteiger charge is 2.22. The molecular formula is C18H22N2. The molecule has 0 aliphatic carbocycles. The highest BCUT2D eigenvalue weighted by molar-refractivity contribution is 5.58. The fourth-order valence-electron chi connectivity index (χ4n) is 3.11. The minimum Gasteiger partial charge on any atom is -0.399 e. The smallest absolute Gasteiger partial charge is 0.0514 e. The van der Waals surface area contributed by atoms with Crippen molar-refractivity contribution in [1.82, 2.24) is 0 Å². The summed E-state index contributed by atoms with van der Waals surface area (Å²) in [6.45, 7) is 5.57. The first kappa shape index (κ1) is 13.0. The van der Waals surface area contributed by atoms with Gasteiger partial charge in [0.25, 0.3) is 0 Å². The van der Waals surface area contributed by atoms with Crippen molar-refractivity contribution in [2.45, 2.75) is 32.7 Å². The third kappa shape index (κ3) is 2.38. The summed E-state index contributed by atoms with van der Waals surface area (Å²) in [5.41, 5.74) is 12.2. The van der Waals surface area contributed by atoms with Crippen molar-refractivity contribution in [2.75, 3.05) is 17.2 Å². The number of benzene rings is 2. The first-order valence-electron chi connectivity index (χ1n) is 7.37. The van der Waals surface area contributed by atoms with Gasteiger partial charge in [0.15, 0.2) is 0 Å². The Balaban J connectivity index is 1.93. The maximum atomic E-state index is 5.78. The number of hydrogen-bond acceptors (Lipinski definition) is 2. The van der Waals surface area contributed by atoms with Crippen LogP contribution in [-0.4, -0.2) is 6.54 Å². The molecule has 2 N–H and O–H groups in total. The molecule has 1 unspecified atom stereocenters. The lowest BCUT2D eigenvalue weighted by Crippen LogP contribution is -2.32. The number of nitrogen functional groups attached to an aromatic ring is 1. The summed E-state index contributed by atoms with van der Waals surface area (Å²) >= 11 is 0. The SMILES string of the molecule is Cc1ccc2c(c1)CCCN2C(C)c1ccc(N)cc1. The molecule has 0 saturated carbocycles. The van der Waals surface area contributed by atoms with Crippen LogP contribution in [0.15, 0.2) is 42.5 Å². The number of hydrogen-bond donors (Lipinski definition) is 1. The minimum absolute atomic E-state index is 0.386. The van der Waals surface area contributed by atoms with Crippen LogP contribution in [0.4, 0.5) is 11.4 Å². The van der Waals surface area contributed by atoms with Crippen LogP contribution in [0.2, 0.25) is 0 Å². The van der Waals surface area contributed by atoms with E-state index in [0.29, 0.717) is 6.04 Å². The van der Waals surface area contributed by atoms with Gasteiger partial charge in [-0.3, -0.25) is 0 Å². The summed E-state index contributed by atoms with van der Waals surface area (Å²) in [5.74, 6) is 0. The van der Waals surface area contributed by atoms with E-state index in [1.807, 2.05) is 12.1 Å². The molecule has 1 aliphatic rings. The summed E-state index contributed by atoms with van der Waals surface area (Å²) in [5, 5.41) is 0. The van der Waals surface area contributed by atoms with E-state index in [-0.39, 0.29) is 0 Å². The summed E-state index contributed by atoms with van der Waals surface area (Å²) < 4.78 is 0. The van der Waals surface area contributed by atoms with Gasteiger partial charge in [0, 0.05) is 17.9 Å².